The van der Waals surface area contributed by atoms with E-state index in [0.717, 1.165) is 0 Å². The first-order valence-corrected chi connectivity index (χ1v) is 17.3. The number of rotatable bonds is 15. The third kappa shape index (κ3) is 17.7. The largest absolute Gasteiger partial charge is 0.482 e. The zero-order valence-corrected chi connectivity index (χ0v) is 27.3. The number of hydrogen-bond donors (Lipinski definition) is 7. The molecule has 19 heteroatoms. The Bertz CT molecular complexity index is 1110. The Labute approximate surface area is 264 Å². The van der Waals surface area contributed by atoms with Gasteiger partial charge in [0.25, 0.3) is 0 Å². The minimum atomic E-state index is -4.02. The highest BCUT2D eigenvalue weighted by atomic mass is 32.2. The number of ether oxygens (including phenoxy) is 1. The van der Waals surface area contributed by atoms with Gasteiger partial charge in [-0.05, 0) is 24.3 Å². The number of β-amino-alcohol motifs (C(OH)–C–C–N with tert-alkyl or cyclic N) is 1. The number of aliphatic hydroxyl groups excluding tert-OH is 1. The predicted molar refractivity (Wildman–Crippen MR) is 165 cm³/mol. The zero-order chi connectivity index (χ0) is 34.0. The fourth-order valence-corrected chi connectivity index (χ4v) is 6.01. The minimum Gasteiger partial charge on any atom is -0.482 e. The van der Waals surface area contributed by atoms with Gasteiger partial charge in [-0.15, -0.1) is 0 Å². The van der Waals surface area contributed by atoms with E-state index in [9.17, 15) is 47.9 Å². The number of sulfonamides is 1. The van der Waals surface area contributed by atoms with Crippen molar-refractivity contribution in [2.24, 2.45) is 0 Å². The van der Waals surface area contributed by atoms with E-state index < -0.39 is 49.0 Å². The van der Waals surface area contributed by atoms with Crippen LogP contribution < -0.4 is 9.46 Å². The van der Waals surface area contributed by atoms with Crippen molar-refractivity contribution >= 4 is 36.3 Å². The van der Waals surface area contributed by atoms with Gasteiger partial charge in [0.2, 0.25) is 10.0 Å². The normalized spacial score (nSPS) is 17.4. The summed E-state index contributed by atoms with van der Waals surface area (Å²) in [5, 5.41) is 38.1. The van der Waals surface area contributed by atoms with Gasteiger partial charge < -0.3 is 34.9 Å². The number of nitrogens with one attached hydrogen (secondary N) is 1. The lowest BCUT2D eigenvalue weighted by atomic mass is 10.3. The summed E-state index contributed by atoms with van der Waals surface area (Å²) in [6.45, 7) is 4.96. The lowest BCUT2D eigenvalue weighted by Gasteiger charge is -2.34. The number of benzene rings is 1. The number of carbonyl (C=O) groups is 3. The summed E-state index contributed by atoms with van der Waals surface area (Å²) >= 11 is 0. The number of carboxylic acids is 3. The Morgan fingerprint density at radius 2 is 1.24 bits per heavy atom. The van der Waals surface area contributed by atoms with Gasteiger partial charge in [0, 0.05) is 65.4 Å². The van der Waals surface area contributed by atoms with Crippen LogP contribution in [0.15, 0.2) is 29.2 Å². The number of hydrogen-bond acceptors (Lipinski definition) is 13. The van der Waals surface area contributed by atoms with E-state index in [2.05, 4.69) is 4.72 Å². The summed E-state index contributed by atoms with van der Waals surface area (Å²) in [5.74, 6) is -3.09. The molecule has 1 fully saturated rings. The highest BCUT2D eigenvalue weighted by Gasteiger charge is 2.22. The summed E-state index contributed by atoms with van der Waals surface area (Å²) < 4.78 is 32.8. The molecule has 45 heavy (non-hydrogen) atoms. The first-order valence-electron chi connectivity index (χ1n) is 14.3. The second kappa shape index (κ2) is 21.3. The number of aliphatic carboxylic acids is 3. The number of aliphatic hydroxyl groups is 1. The molecule has 1 unspecified atom stereocenters. The van der Waals surface area contributed by atoms with Crippen molar-refractivity contribution < 1.29 is 57.8 Å². The molecule has 1 aromatic rings. The molecular formula is C26H46N5O12PS. The van der Waals surface area contributed by atoms with Crippen LogP contribution >= 0.6 is 8.38 Å². The van der Waals surface area contributed by atoms with Crippen molar-refractivity contribution in [1.82, 2.24) is 24.3 Å². The average Bonchev–Trinajstić information content (AvgIpc) is 2.97. The average molecular weight is 684 g/mol. The Morgan fingerprint density at radius 3 is 1.67 bits per heavy atom. The fraction of sp³-hybridized carbons (Fsp3) is 0.654. The van der Waals surface area contributed by atoms with Gasteiger partial charge in [-0.1, -0.05) is 13.8 Å². The molecule has 1 aromatic carbocycles. The maximum absolute atomic E-state index is 12.7. The van der Waals surface area contributed by atoms with E-state index in [0.29, 0.717) is 39.3 Å². The quantitative estimate of drug-likeness (QED) is 0.104. The lowest BCUT2D eigenvalue weighted by Crippen LogP contribution is -2.49. The van der Waals surface area contributed by atoms with Crippen molar-refractivity contribution in [3.63, 3.8) is 0 Å². The van der Waals surface area contributed by atoms with E-state index in [1.165, 1.54) is 24.3 Å². The van der Waals surface area contributed by atoms with Gasteiger partial charge in [0.15, 0.2) is 15.0 Å². The molecule has 1 saturated heterocycles. The summed E-state index contributed by atoms with van der Waals surface area (Å²) in [5.41, 5.74) is 0. The number of nitrogens with zero attached hydrogens (tertiary/aromatic N) is 4. The molecule has 1 atom stereocenters. The number of carboxylic acid groups (broad SMARTS) is 3. The molecule has 0 bridgehead atoms. The van der Waals surface area contributed by atoms with E-state index in [4.69, 9.17) is 9.84 Å². The van der Waals surface area contributed by atoms with Crippen LogP contribution in [0.2, 0.25) is 0 Å². The molecule has 0 amide bonds. The van der Waals surface area contributed by atoms with E-state index in [1.807, 2.05) is 13.8 Å². The van der Waals surface area contributed by atoms with Crippen LogP contribution in [-0.2, 0) is 24.4 Å². The van der Waals surface area contributed by atoms with Crippen molar-refractivity contribution in [1.29, 1.82) is 0 Å². The van der Waals surface area contributed by atoms with Crippen molar-refractivity contribution in [3.8, 4) is 5.75 Å². The molecule has 7 N–H and O–H groups in total. The monoisotopic (exact) mass is 683 g/mol. The first-order chi connectivity index (χ1) is 21.2. The fourth-order valence-electron chi connectivity index (χ4n) is 4.29. The van der Waals surface area contributed by atoms with Gasteiger partial charge in [-0.3, -0.25) is 29.2 Å². The molecule has 258 valence electrons. The smallest absolute Gasteiger partial charge is 0.341 e. The molecule has 1 aliphatic rings. The molecule has 2 rings (SSSR count). The Morgan fingerprint density at radius 1 is 0.800 bits per heavy atom. The van der Waals surface area contributed by atoms with Gasteiger partial charge in [0.05, 0.1) is 30.4 Å². The second-order valence-corrected chi connectivity index (χ2v) is 12.7. The van der Waals surface area contributed by atoms with Crippen LogP contribution in [-0.4, -0.2) is 174 Å². The molecule has 0 saturated carbocycles. The molecule has 1 aliphatic heterocycles. The Hall–Kier alpha value is -2.51. The van der Waals surface area contributed by atoms with Gasteiger partial charge in [-0.2, -0.15) is 0 Å². The Balaban J connectivity index is 0.00000496. The minimum absolute atomic E-state index is 0.0117. The third-order valence-electron chi connectivity index (χ3n) is 6.45. The maximum atomic E-state index is 12.7. The van der Waals surface area contributed by atoms with Crippen LogP contribution in [0.1, 0.15) is 13.8 Å². The van der Waals surface area contributed by atoms with Gasteiger partial charge in [-0.25, -0.2) is 17.9 Å². The van der Waals surface area contributed by atoms with E-state index in [-0.39, 0.29) is 56.2 Å². The highest BCUT2D eigenvalue weighted by Crippen LogP contribution is 2.23. The van der Waals surface area contributed by atoms with Crippen LogP contribution in [0.5, 0.6) is 5.75 Å². The predicted octanol–water partition coefficient (Wildman–Crippen LogP) is -1.54. The molecule has 0 spiro atoms. The van der Waals surface area contributed by atoms with Crippen molar-refractivity contribution in [2.75, 3.05) is 91.4 Å². The third-order valence-corrected chi connectivity index (χ3v) is 8.54. The van der Waals surface area contributed by atoms with Gasteiger partial charge >= 0.3 is 17.9 Å². The van der Waals surface area contributed by atoms with Crippen molar-refractivity contribution in [2.45, 2.75) is 24.8 Å². The first kappa shape index (κ1) is 40.5. The lowest BCUT2D eigenvalue weighted by molar-refractivity contribution is -0.140. The molecule has 0 aromatic heterocycles. The Kier molecular flexibility index (Phi) is 19.2. The second-order valence-electron chi connectivity index (χ2n) is 9.93. The standard InChI is InChI=1S/C24H40N5O12PS.C2H6/c30-19(13-25-43(39,40)21-3-1-20(2-4-21)41-17-24(35)36)14-26-5-7-27(15-22(31)32)9-11-29(18-42(37)38)12-10-28(8-6-26)16-23(33)34;1-2/h1-4,19,25,30,37-38H,5-18H2,(H,31,32)(H,33,34)(H,35,36);1-2H3. The topological polar surface area (TPSA) is 241 Å². The summed E-state index contributed by atoms with van der Waals surface area (Å²) in [7, 11) is -6.26. The van der Waals surface area contributed by atoms with Crippen LogP contribution in [0.4, 0.5) is 0 Å². The van der Waals surface area contributed by atoms with E-state index in [1.54, 1.807) is 19.6 Å². The summed E-state index contributed by atoms with van der Waals surface area (Å²) in [4.78, 5) is 59.3. The summed E-state index contributed by atoms with van der Waals surface area (Å²) in [6.07, 6.45) is -1.18. The SMILES string of the molecule is CC.O=C(O)COc1ccc(S(=O)(=O)NCC(O)CN2CCN(CC(=O)O)CCN(CP(O)O)CCN(CC(=O)O)CC2)cc1. The van der Waals surface area contributed by atoms with Crippen LogP contribution in [0, 0.1) is 0 Å². The summed E-state index contributed by atoms with van der Waals surface area (Å²) in [6, 6.07) is 5.09. The maximum Gasteiger partial charge on any atom is 0.341 e. The molecule has 1 heterocycles. The molecule has 0 aliphatic carbocycles. The van der Waals surface area contributed by atoms with Gasteiger partial charge in [0.1, 0.15) is 5.75 Å². The molecular weight excluding hydrogens is 637 g/mol. The zero-order valence-electron chi connectivity index (χ0n) is 25.6. The van der Waals surface area contributed by atoms with Crippen LogP contribution in [0.25, 0.3) is 0 Å². The van der Waals surface area contributed by atoms with Crippen LogP contribution in [0.3, 0.4) is 0 Å². The molecule has 17 nitrogen and oxygen atoms in total. The molecule has 0 radical (unpaired) electrons. The van der Waals surface area contributed by atoms with Crippen molar-refractivity contribution in [3.05, 3.63) is 24.3 Å². The highest BCUT2D eigenvalue weighted by molar-refractivity contribution is 7.89. The van der Waals surface area contributed by atoms with E-state index >= 15 is 0 Å².